The maximum absolute atomic E-state index is 12.5. The van der Waals surface area contributed by atoms with E-state index in [4.69, 9.17) is 4.74 Å². The van der Waals surface area contributed by atoms with E-state index in [0.717, 1.165) is 25.9 Å². The quantitative estimate of drug-likeness (QED) is 0.782. The highest BCUT2D eigenvalue weighted by molar-refractivity contribution is 6.22. The smallest absolute Gasteiger partial charge is 0.251 e. The van der Waals surface area contributed by atoms with Crippen LogP contribution in [-0.4, -0.2) is 43.0 Å². The number of amides is 2. The summed E-state index contributed by atoms with van der Waals surface area (Å²) in [6.07, 6.45) is 2.52. The van der Waals surface area contributed by atoms with Crippen LogP contribution in [0.15, 0.2) is 24.3 Å². The molecule has 0 aromatic heterocycles. The van der Waals surface area contributed by atoms with Gasteiger partial charge in [-0.25, -0.2) is 4.90 Å². The first-order valence-corrected chi connectivity index (χ1v) is 6.95. The van der Waals surface area contributed by atoms with E-state index in [0.29, 0.717) is 17.9 Å². The van der Waals surface area contributed by atoms with Crippen LogP contribution in [0, 0.1) is 0 Å². The standard InChI is InChI=1S/C15H18N2O3/c1-20-12-6-4-11(5-7-12)17-14(18)10-13(15(17)19)16-8-2-3-9-16/h4-7,13H,2-3,8-10H2,1H3/t13-/m0/s1. The van der Waals surface area contributed by atoms with E-state index in [1.807, 2.05) is 0 Å². The van der Waals surface area contributed by atoms with E-state index in [-0.39, 0.29) is 17.9 Å². The molecule has 2 heterocycles. The summed E-state index contributed by atoms with van der Waals surface area (Å²) in [5.74, 6) is 0.503. The average molecular weight is 274 g/mol. The Hall–Kier alpha value is -1.88. The van der Waals surface area contributed by atoms with E-state index in [9.17, 15) is 9.59 Å². The third-order valence-electron chi connectivity index (χ3n) is 4.03. The molecule has 0 saturated carbocycles. The van der Waals surface area contributed by atoms with Gasteiger partial charge in [0, 0.05) is 0 Å². The van der Waals surface area contributed by atoms with Crippen LogP contribution in [0.3, 0.4) is 0 Å². The zero-order valence-corrected chi connectivity index (χ0v) is 11.5. The molecule has 2 saturated heterocycles. The highest BCUT2D eigenvalue weighted by Crippen LogP contribution is 2.28. The van der Waals surface area contributed by atoms with E-state index >= 15 is 0 Å². The summed E-state index contributed by atoms with van der Waals surface area (Å²) in [5, 5.41) is 0. The maximum atomic E-state index is 12.5. The number of benzene rings is 1. The Morgan fingerprint density at radius 1 is 1.10 bits per heavy atom. The SMILES string of the molecule is COc1ccc(N2C(=O)C[C@H](N3CCCC3)C2=O)cc1. The van der Waals surface area contributed by atoms with Crippen molar-refractivity contribution in [2.45, 2.75) is 25.3 Å². The first kappa shape index (κ1) is 13.1. The van der Waals surface area contributed by atoms with Gasteiger partial charge < -0.3 is 4.74 Å². The number of carbonyl (C=O) groups excluding carboxylic acids is 2. The predicted octanol–water partition coefficient (Wildman–Crippen LogP) is 1.42. The van der Waals surface area contributed by atoms with Crippen LogP contribution in [0.4, 0.5) is 5.69 Å². The fourth-order valence-corrected chi connectivity index (χ4v) is 2.96. The Balaban J connectivity index is 1.82. The van der Waals surface area contributed by atoms with Crippen molar-refractivity contribution in [2.24, 2.45) is 0 Å². The van der Waals surface area contributed by atoms with Crippen LogP contribution in [0.25, 0.3) is 0 Å². The molecule has 2 fully saturated rings. The lowest BCUT2D eigenvalue weighted by molar-refractivity contribution is -0.122. The topological polar surface area (TPSA) is 49.9 Å². The molecule has 0 bridgehead atoms. The number of ether oxygens (including phenoxy) is 1. The van der Waals surface area contributed by atoms with E-state index < -0.39 is 0 Å². The lowest BCUT2D eigenvalue weighted by Gasteiger charge is -2.21. The molecule has 1 atom stereocenters. The minimum Gasteiger partial charge on any atom is -0.497 e. The molecular weight excluding hydrogens is 256 g/mol. The Kier molecular flexibility index (Phi) is 3.44. The van der Waals surface area contributed by atoms with Gasteiger partial charge in [-0.15, -0.1) is 0 Å². The van der Waals surface area contributed by atoms with E-state index in [1.165, 1.54) is 4.90 Å². The van der Waals surface area contributed by atoms with Gasteiger partial charge in [0.1, 0.15) is 5.75 Å². The van der Waals surface area contributed by atoms with Gasteiger partial charge in [-0.3, -0.25) is 14.5 Å². The second-order valence-electron chi connectivity index (χ2n) is 5.23. The summed E-state index contributed by atoms with van der Waals surface area (Å²) in [5.41, 5.74) is 0.627. The van der Waals surface area contributed by atoms with Gasteiger partial charge in [0.2, 0.25) is 5.91 Å². The van der Waals surface area contributed by atoms with Crippen molar-refractivity contribution in [3.8, 4) is 5.75 Å². The number of imide groups is 1. The van der Waals surface area contributed by atoms with Crippen molar-refractivity contribution in [1.82, 2.24) is 4.90 Å². The van der Waals surface area contributed by atoms with Crippen molar-refractivity contribution < 1.29 is 14.3 Å². The average Bonchev–Trinajstić information content (AvgIpc) is 3.07. The Morgan fingerprint density at radius 3 is 2.35 bits per heavy atom. The highest BCUT2D eigenvalue weighted by atomic mass is 16.5. The molecule has 2 amide bonds. The number of methoxy groups -OCH3 is 1. The number of hydrogen-bond donors (Lipinski definition) is 0. The van der Waals surface area contributed by atoms with Crippen LogP contribution >= 0.6 is 0 Å². The molecule has 0 radical (unpaired) electrons. The summed E-state index contributed by atoms with van der Waals surface area (Å²) in [6.45, 7) is 1.83. The molecule has 0 aliphatic carbocycles. The lowest BCUT2D eigenvalue weighted by atomic mass is 10.2. The molecule has 1 aromatic carbocycles. The molecule has 1 aromatic rings. The van der Waals surface area contributed by atoms with Crippen molar-refractivity contribution in [3.05, 3.63) is 24.3 Å². The van der Waals surface area contributed by atoms with Crippen LogP contribution in [0.1, 0.15) is 19.3 Å². The lowest BCUT2D eigenvalue weighted by Crippen LogP contribution is -2.40. The van der Waals surface area contributed by atoms with E-state index in [2.05, 4.69) is 4.90 Å². The number of nitrogens with zero attached hydrogens (tertiary/aromatic N) is 2. The summed E-state index contributed by atoms with van der Waals surface area (Å²) >= 11 is 0. The highest BCUT2D eigenvalue weighted by Gasteiger charge is 2.43. The van der Waals surface area contributed by atoms with Crippen molar-refractivity contribution in [1.29, 1.82) is 0 Å². The maximum Gasteiger partial charge on any atom is 0.251 e. The molecule has 0 N–H and O–H groups in total. The molecule has 5 nitrogen and oxygen atoms in total. The fraction of sp³-hybridized carbons (Fsp3) is 0.467. The van der Waals surface area contributed by atoms with Gasteiger partial charge >= 0.3 is 0 Å². The molecule has 2 aliphatic heterocycles. The summed E-state index contributed by atoms with van der Waals surface area (Å²) in [7, 11) is 1.59. The first-order chi connectivity index (χ1) is 9.70. The van der Waals surface area contributed by atoms with Gasteiger partial charge in [0.05, 0.1) is 25.3 Å². The van der Waals surface area contributed by atoms with Gasteiger partial charge in [-0.05, 0) is 50.2 Å². The van der Waals surface area contributed by atoms with Gasteiger partial charge in [-0.2, -0.15) is 0 Å². The Labute approximate surface area is 118 Å². The number of likely N-dealkylation sites (tertiary alicyclic amines) is 1. The summed E-state index contributed by atoms with van der Waals surface area (Å²) in [6, 6.07) is 6.76. The molecular formula is C15H18N2O3. The summed E-state index contributed by atoms with van der Waals surface area (Å²) in [4.78, 5) is 28.1. The monoisotopic (exact) mass is 274 g/mol. The molecule has 20 heavy (non-hydrogen) atoms. The minimum absolute atomic E-state index is 0.0953. The molecule has 5 heteroatoms. The molecule has 0 unspecified atom stereocenters. The second-order valence-corrected chi connectivity index (χ2v) is 5.23. The van der Waals surface area contributed by atoms with E-state index in [1.54, 1.807) is 31.4 Å². The van der Waals surface area contributed by atoms with Crippen molar-refractivity contribution >= 4 is 17.5 Å². The minimum atomic E-state index is -0.271. The second kappa shape index (κ2) is 5.25. The zero-order valence-electron chi connectivity index (χ0n) is 11.5. The third kappa shape index (κ3) is 2.18. The molecule has 106 valence electrons. The van der Waals surface area contributed by atoms with Gasteiger partial charge in [-0.1, -0.05) is 0 Å². The third-order valence-corrected chi connectivity index (χ3v) is 4.03. The number of rotatable bonds is 3. The zero-order chi connectivity index (χ0) is 14.1. The normalized spacial score (nSPS) is 23.6. The largest absolute Gasteiger partial charge is 0.497 e. The molecule has 2 aliphatic rings. The number of carbonyl (C=O) groups is 2. The van der Waals surface area contributed by atoms with Gasteiger partial charge in [0.15, 0.2) is 0 Å². The fourth-order valence-electron chi connectivity index (χ4n) is 2.96. The Morgan fingerprint density at radius 2 is 1.75 bits per heavy atom. The van der Waals surface area contributed by atoms with Crippen LogP contribution in [-0.2, 0) is 9.59 Å². The number of anilines is 1. The van der Waals surface area contributed by atoms with Gasteiger partial charge in [0.25, 0.3) is 5.91 Å². The first-order valence-electron chi connectivity index (χ1n) is 6.95. The summed E-state index contributed by atoms with van der Waals surface area (Å²) < 4.78 is 5.09. The number of hydrogen-bond acceptors (Lipinski definition) is 4. The van der Waals surface area contributed by atoms with Crippen LogP contribution < -0.4 is 9.64 Å². The van der Waals surface area contributed by atoms with Crippen LogP contribution in [0.5, 0.6) is 5.75 Å². The van der Waals surface area contributed by atoms with Crippen LogP contribution in [0.2, 0.25) is 0 Å². The molecule has 0 spiro atoms. The van der Waals surface area contributed by atoms with Crippen molar-refractivity contribution in [2.75, 3.05) is 25.1 Å². The Bertz CT molecular complexity index is 520. The molecule has 3 rings (SSSR count). The predicted molar refractivity (Wildman–Crippen MR) is 74.7 cm³/mol. The van der Waals surface area contributed by atoms with Crippen molar-refractivity contribution in [3.63, 3.8) is 0 Å².